The van der Waals surface area contributed by atoms with E-state index < -0.39 is 58.0 Å². The topological polar surface area (TPSA) is 161 Å². The van der Waals surface area contributed by atoms with Crippen molar-refractivity contribution in [2.24, 2.45) is 23.0 Å². The Labute approximate surface area is 216 Å². The number of carbonyl (C=O) groups is 3. The molecule has 6 N–H and O–H groups in total. The first-order valence-corrected chi connectivity index (χ1v) is 12.6. The van der Waals surface area contributed by atoms with Gasteiger partial charge in [0.25, 0.3) is 5.91 Å². The number of phenols is 1. The van der Waals surface area contributed by atoms with Crippen molar-refractivity contribution in [2.45, 2.75) is 64.5 Å². The van der Waals surface area contributed by atoms with Crippen LogP contribution >= 0.6 is 0 Å². The molecule has 0 bridgehead atoms. The van der Waals surface area contributed by atoms with Gasteiger partial charge in [-0.25, -0.2) is 0 Å². The largest absolute Gasteiger partial charge is 0.508 e. The van der Waals surface area contributed by atoms with Gasteiger partial charge >= 0.3 is 0 Å². The van der Waals surface area contributed by atoms with Gasteiger partial charge in [-0.15, -0.1) is 0 Å². The Morgan fingerprint density at radius 3 is 2.38 bits per heavy atom. The van der Waals surface area contributed by atoms with E-state index in [9.17, 15) is 34.8 Å². The number of amides is 1. The zero-order valence-corrected chi connectivity index (χ0v) is 22.0. The van der Waals surface area contributed by atoms with E-state index in [1.807, 2.05) is 12.1 Å². The summed E-state index contributed by atoms with van der Waals surface area (Å²) in [6.45, 7) is 6.40. The summed E-state index contributed by atoms with van der Waals surface area (Å²) in [6.07, 6.45) is 2.72. The first kappa shape index (κ1) is 26.9. The fraction of sp³-hybridized carbons (Fsp3) is 0.536. The minimum Gasteiger partial charge on any atom is -0.508 e. The summed E-state index contributed by atoms with van der Waals surface area (Å²) >= 11 is 0. The van der Waals surface area contributed by atoms with Crippen LogP contribution in [0.2, 0.25) is 0 Å². The number of hydrogen-bond acceptors (Lipinski definition) is 8. The second kappa shape index (κ2) is 8.99. The monoisotopic (exact) mass is 512 g/mol. The van der Waals surface area contributed by atoms with Gasteiger partial charge in [-0.2, -0.15) is 0 Å². The predicted octanol–water partition coefficient (Wildman–Crippen LogP) is 2.33. The molecule has 0 aliphatic heterocycles. The number of aryl methyl sites for hydroxylation is 1. The number of hydrogen-bond donors (Lipinski definition) is 5. The van der Waals surface area contributed by atoms with Crippen LogP contribution in [-0.4, -0.2) is 68.5 Å². The molecule has 0 heterocycles. The van der Waals surface area contributed by atoms with Crippen LogP contribution in [0.5, 0.6) is 5.75 Å². The maximum absolute atomic E-state index is 13.8. The normalized spacial score (nSPS) is 27.8. The lowest BCUT2D eigenvalue weighted by atomic mass is 9.57. The van der Waals surface area contributed by atoms with Crippen LogP contribution in [0, 0.1) is 17.3 Å². The highest BCUT2D eigenvalue weighted by molar-refractivity contribution is 6.24. The van der Waals surface area contributed by atoms with E-state index in [1.54, 1.807) is 14.1 Å². The quantitative estimate of drug-likeness (QED) is 0.376. The number of nitrogens with two attached hydrogens (primary N) is 1. The fourth-order valence-corrected chi connectivity index (χ4v) is 6.27. The Morgan fingerprint density at radius 2 is 1.81 bits per heavy atom. The zero-order chi connectivity index (χ0) is 27.6. The molecule has 1 amide bonds. The van der Waals surface area contributed by atoms with Crippen molar-refractivity contribution in [2.75, 3.05) is 14.1 Å². The third-order valence-electron chi connectivity index (χ3n) is 8.05. The number of aliphatic hydroxyl groups is 3. The lowest BCUT2D eigenvalue weighted by Crippen LogP contribution is -2.65. The van der Waals surface area contributed by atoms with Crippen molar-refractivity contribution in [1.82, 2.24) is 4.90 Å². The third kappa shape index (κ3) is 4.14. The summed E-state index contributed by atoms with van der Waals surface area (Å²) in [7, 11) is 3.15. The molecule has 200 valence electrons. The molecule has 4 rings (SSSR count). The summed E-state index contributed by atoms with van der Waals surface area (Å²) in [5.74, 6) is -6.28. The second-order valence-corrected chi connectivity index (χ2v) is 12.0. The van der Waals surface area contributed by atoms with E-state index in [-0.39, 0.29) is 28.7 Å². The SMILES string of the molecule is CN(C)C1C(=O)C(C(N)=O)=C(O)C2(O)C(=O)C3=C(O)c4c(ccc(CCCC(C)(C)C)c4O)CC3CC12. The van der Waals surface area contributed by atoms with E-state index in [0.29, 0.717) is 24.0 Å². The molecule has 3 aliphatic rings. The first-order chi connectivity index (χ1) is 17.1. The maximum atomic E-state index is 13.8. The number of aromatic hydroxyl groups is 1. The Morgan fingerprint density at radius 1 is 1.16 bits per heavy atom. The third-order valence-corrected chi connectivity index (χ3v) is 8.05. The molecule has 3 aliphatic carbocycles. The fourth-order valence-electron chi connectivity index (χ4n) is 6.27. The molecule has 37 heavy (non-hydrogen) atoms. The molecule has 0 radical (unpaired) electrons. The highest BCUT2D eigenvalue weighted by Crippen LogP contribution is 2.52. The van der Waals surface area contributed by atoms with Gasteiger partial charge in [-0.05, 0) is 68.7 Å². The van der Waals surface area contributed by atoms with E-state index in [4.69, 9.17) is 5.73 Å². The Hall–Kier alpha value is -3.17. The van der Waals surface area contributed by atoms with Crippen LogP contribution in [0.3, 0.4) is 0 Å². The van der Waals surface area contributed by atoms with Gasteiger partial charge in [0.2, 0.25) is 5.78 Å². The standard InChI is InChI=1S/C28H36N2O7/c1-27(2,3)10-6-7-13-8-9-14-11-15-12-16-20(30(4)5)23(33)19(26(29)36)25(35)28(16,37)24(34)18(15)22(32)17(14)21(13)31/h8-9,15-16,20,31-32,35,37H,6-7,10-12H2,1-5H3,(H2,29,36). The molecule has 4 unspecified atom stereocenters. The number of rotatable bonds is 5. The van der Waals surface area contributed by atoms with E-state index in [2.05, 4.69) is 20.8 Å². The molecular formula is C28H36N2O7. The van der Waals surface area contributed by atoms with Gasteiger partial charge in [0.1, 0.15) is 22.8 Å². The van der Waals surface area contributed by atoms with Gasteiger partial charge < -0.3 is 26.2 Å². The summed E-state index contributed by atoms with van der Waals surface area (Å²) in [5, 5.41) is 44.9. The summed E-state index contributed by atoms with van der Waals surface area (Å²) in [5.41, 5.74) is 3.36. The van der Waals surface area contributed by atoms with Crippen molar-refractivity contribution < 1.29 is 34.8 Å². The minimum absolute atomic E-state index is 0.0832. The molecule has 1 aromatic rings. The Kier molecular flexibility index (Phi) is 6.53. The van der Waals surface area contributed by atoms with Crippen LogP contribution in [0.15, 0.2) is 29.0 Å². The van der Waals surface area contributed by atoms with Crippen LogP contribution in [0.4, 0.5) is 0 Å². The molecule has 9 nitrogen and oxygen atoms in total. The number of benzene rings is 1. The minimum atomic E-state index is -2.62. The summed E-state index contributed by atoms with van der Waals surface area (Å²) in [4.78, 5) is 40.5. The van der Waals surface area contributed by atoms with Crippen molar-refractivity contribution in [1.29, 1.82) is 0 Å². The predicted molar refractivity (Wildman–Crippen MR) is 137 cm³/mol. The summed E-state index contributed by atoms with van der Waals surface area (Å²) in [6, 6.07) is 2.57. The lowest BCUT2D eigenvalue weighted by Gasteiger charge is -2.50. The average Bonchev–Trinajstić information content (AvgIpc) is 2.76. The van der Waals surface area contributed by atoms with Gasteiger partial charge in [-0.3, -0.25) is 19.3 Å². The van der Waals surface area contributed by atoms with Crippen LogP contribution in [-0.2, 0) is 27.2 Å². The molecule has 1 aromatic carbocycles. The Bertz CT molecular complexity index is 1250. The highest BCUT2D eigenvalue weighted by Gasteiger charge is 2.64. The van der Waals surface area contributed by atoms with E-state index >= 15 is 0 Å². The number of carbonyl (C=O) groups excluding carboxylic acids is 3. The first-order valence-electron chi connectivity index (χ1n) is 12.6. The number of ketones is 2. The number of likely N-dealkylation sites (N-methyl/N-ethyl adjacent to an activating group) is 1. The van der Waals surface area contributed by atoms with E-state index in [1.165, 1.54) is 4.90 Å². The van der Waals surface area contributed by atoms with Crippen molar-refractivity contribution in [3.63, 3.8) is 0 Å². The number of aliphatic hydroxyl groups excluding tert-OH is 2. The number of nitrogens with zero attached hydrogens (tertiary/aromatic N) is 1. The smallest absolute Gasteiger partial charge is 0.255 e. The van der Waals surface area contributed by atoms with Crippen molar-refractivity contribution >= 4 is 23.2 Å². The second-order valence-electron chi connectivity index (χ2n) is 12.0. The lowest BCUT2D eigenvalue weighted by molar-refractivity contribution is -0.153. The van der Waals surface area contributed by atoms with Crippen LogP contribution in [0.25, 0.3) is 5.76 Å². The van der Waals surface area contributed by atoms with Crippen molar-refractivity contribution in [3.8, 4) is 5.75 Å². The molecule has 0 spiro atoms. The number of fused-ring (bicyclic) bond motifs is 3. The van der Waals surface area contributed by atoms with Gasteiger partial charge in [0, 0.05) is 11.5 Å². The van der Waals surface area contributed by atoms with Crippen LogP contribution < -0.4 is 5.73 Å². The Balaban J connectivity index is 1.83. The molecule has 4 atom stereocenters. The molecule has 1 saturated carbocycles. The molecule has 0 saturated heterocycles. The summed E-state index contributed by atoms with van der Waals surface area (Å²) < 4.78 is 0. The molecule has 9 heteroatoms. The van der Waals surface area contributed by atoms with Gasteiger partial charge in [0.15, 0.2) is 11.4 Å². The zero-order valence-electron chi connectivity index (χ0n) is 22.0. The van der Waals surface area contributed by atoms with Crippen molar-refractivity contribution in [3.05, 3.63) is 45.7 Å². The highest BCUT2D eigenvalue weighted by atomic mass is 16.3. The average molecular weight is 513 g/mol. The molecule has 0 aromatic heterocycles. The van der Waals surface area contributed by atoms with Gasteiger partial charge in [0.05, 0.1) is 11.6 Å². The number of primary amides is 1. The molecule has 1 fully saturated rings. The number of phenolic OH excluding ortho intramolecular Hbond substituents is 1. The van der Waals surface area contributed by atoms with Gasteiger partial charge in [-0.1, -0.05) is 32.9 Å². The maximum Gasteiger partial charge on any atom is 0.255 e. The molecular weight excluding hydrogens is 476 g/mol. The van der Waals surface area contributed by atoms with Crippen LogP contribution in [0.1, 0.15) is 56.7 Å². The number of Topliss-reactive ketones (excluding diaryl/α,β-unsaturated/α-hetero) is 2. The van der Waals surface area contributed by atoms with E-state index in [0.717, 1.165) is 12.8 Å².